The summed E-state index contributed by atoms with van der Waals surface area (Å²) in [6.07, 6.45) is 5.18. The van der Waals surface area contributed by atoms with E-state index in [9.17, 15) is 13.6 Å². The molecule has 1 aliphatic heterocycles. The first-order valence-electron chi connectivity index (χ1n) is 7.86. The minimum absolute atomic E-state index is 0.119. The minimum atomic E-state index is -1.02. The van der Waals surface area contributed by atoms with Crippen LogP contribution >= 0.6 is 0 Å². The predicted molar refractivity (Wildman–Crippen MR) is 87.0 cm³/mol. The molecule has 0 unspecified atom stereocenters. The molecule has 1 aromatic carbocycles. The van der Waals surface area contributed by atoms with Crippen molar-refractivity contribution < 1.29 is 13.6 Å². The molecular formula is C17H18F2N4O. The lowest BCUT2D eigenvalue weighted by Gasteiger charge is -2.30. The van der Waals surface area contributed by atoms with E-state index in [0.717, 1.165) is 49.8 Å². The van der Waals surface area contributed by atoms with Gasteiger partial charge in [-0.3, -0.25) is 4.79 Å². The highest BCUT2D eigenvalue weighted by Gasteiger charge is 2.18. The van der Waals surface area contributed by atoms with E-state index < -0.39 is 17.5 Å². The molecule has 0 atom stereocenters. The number of nitrogens with zero attached hydrogens (tertiary/aromatic N) is 3. The summed E-state index contributed by atoms with van der Waals surface area (Å²) in [5.41, 5.74) is 0.281. The molecule has 1 fully saturated rings. The Morgan fingerprint density at radius 3 is 2.54 bits per heavy atom. The Kier molecular flexibility index (Phi) is 4.69. The lowest BCUT2D eigenvalue weighted by atomic mass is 9.99. The number of piperidine rings is 1. The number of rotatable bonds is 3. The van der Waals surface area contributed by atoms with Crippen molar-refractivity contribution in [3.8, 4) is 0 Å². The highest BCUT2D eigenvalue weighted by molar-refractivity contribution is 6.02. The first-order valence-corrected chi connectivity index (χ1v) is 7.86. The van der Waals surface area contributed by atoms with Crippen molar-refractivity contribution in [3.05, 3.63) is 47.9 Å². The first-order chi connectivity index (χ1) is 11.5. The zero-order valence-corrected chi connectivity index (χ0v) is 13.3. The maximum absolute atomic E-state index is 13.2. The molecule has 3 rings (SSSR count). The van der Waals surface area contributed by atoms with Crippen molar-refractivity contribution in [3.63, 3.8) is 0 Å². The summed E-state index contributed by atoms with van der Waals surface area (Å²) < 4.78 is 26.0. The summed E-state index contributed by atoms with van der Waals surface area (Å²) in [4.78, 5) is 22.7. The smallest absolute Gasteiger partial charge is 0.275 e. The van der Waals surface area contributed by atoms with E-state index >= 15 is 0 Å². The number of benzene rings is 1. The number of halogens is 2. The number of amides is 1. The van der Waals surface area contributed by atoms with E-state index in [2.05, 4.69) is 27.1 Å². The Labute approximate surface area is 138 Å². The van der Waals surface area contributed by atoms with Crippen LogP contribution in [0.1, 0.15) is 30.3 Å². The molecule has 24 heavy (non-hydrogen) atoms. The molecule has 1 N–H and O–H groups in total. The third-order valence-electron chi connectivity index (χ3n) is 4.16. The molecule has 5 nitrogen and oxygen atoms in total. The van der Waals surface area contributed by atoms with Crippen molar-refractivity contribution in [2.24, 2.45) is 5.92 Å². The molecule has 0 saturated carbocycles. The number of aromatic nitrogens is 2. The maximum Gasteiger partial charge on any atom is 0.275 e. The summed E-state index contributed by atoms with van der Waals surface area (Å²) in [5, 5.41) is 2.47. The summed E-state index contributed by atoms with van der Waals surface area (Å²) in [6, 6.07) is 3.16. The molecule has 0 spiro atoms. The van der Waals surface area contributed by atoms with Gasteiger partial charge in [-0.1, -0.05) is 6.92 Å². The fourth-order valence-corrected chi connectivity index (χ4v) is 2.61. The number of nitrogens with one attached hydrogen (secondary N) is 1. The first kappa shape index (κ1) is 16.3. The van der Waals surface area contributed by atoms with Gasteiger partial charge in [0.15, 0.2) is 11.6 Å². The monoisotopic (exact) mass is 332 g/mol. The van der Waals surface area contributed by atoms with Crippen LogP contribution in [0.25, 0.3) is 0 Å². The van der Waals surface area contributed by atoms with Gasteiger partial charge in [0.25, 0.3) is 5.91 Å². The lowest BCUT2D eigenvalue weighted by molar-refractivity contribution is 0.102. The van der Waals surface area contributed by atoms with Gasteiger partial charge in [-0.15, -0.1) is 0 Å². The van der Waals surface area contributed by atoms with Crippen LogP contribution in [-0.2, 0) is 0 Å². The standard InChI is InChI=1S/C17H18F2N4O/c1-11-4-6-23(7-5-11)16-10-20-15(9-21-16)17(24)22-12-2-3-13(18)14(19)8-12/h2-3,8-11H,4-7H2,1H3,(H,22,24). The normalized spacial score (nSPS) is 15.4. The molecule has 2 heterocycles. The second-order valence-electron chi connectivity index (χ2n) is 6.01. The molecule has 1 aliphatic rings. The molecule has 1 amide bonds. The Bertz CT molecular complexity index is 728. The fraction of sp³-hybridized carbons (Fsp3) is 0.353. The van der Waals surface area contributed by atoms with Crippen LogP contribution in [0.5, 0.6) is 0 Å². The summed E-state index contributed by atoms with van der Waals surface area (Å²) >= 11 is 0. The average molecular weight is 332 g/mol. The predicted octanol–water partition coefficient (Wildman–Crippen LogP) is 3.24. The second kappa shape index (κ2) is 6.90. The Morgan fingerprint density at radius 2 is 1.92 bits per heavy atom. The topological polar surface area (TPSA) is 58.1 Å². The van der Waals surface area contributed by atoms with Gasteiger partial charge in [0, 0.05) is 24.8 Å². The van der Waals surface area contributed by atoms with E-state index in [1.165, 1.54) is 12.3 Å². The van der Waals surface area contributed by atoms with Crippen LogP contribution in [0, 0.1) is 17.6 Å². The number of anilines is 2. The third kappa shape index (κ3) is 3.67. The van der Waals surface area contributed by atoms with Crippen molar-refractivity contribution in [2.45, 2.75) is 19.8 Å². The quantitative estimate of drug-likeness (QED) is 0.937. The highest BCUT2D eigenvalue weighted by atomic mass is 19.2. The van der Waals surface area contributed by atoms with E-state index in [1.54, 1.807) is 6.20 Å². The van der Waals surface area contributed by atoms with Crippen LogP contribution in [-0.4, -0.2) is 29.0 Å². The van der Waals surface area contributed by atoms with Gasteiger partial charge in [0.2, 0.25) is 0 Å². The molecular weight excluding hydrogens is 314 g/mol. The maximum atomic E-state index is 13.2. The zero-order valence-electron chi connectivity index (χ0n) is 13.3. The number of hydrogen-bond donors (Lipinski definition) is 1. The van der Waals surface area contributed by atoms with E-state index in [-0.39, 0.29) is 11.4 Å². The van der Waals surface area contributed by atoms with Crippen LogP contribution in [0.15, 0.2) is 30.6 Å². The van der Waals surface area contributed by atoms with Gasteiger partial charge in [0.1, 0.15) is 11.5 Å². The van der Waals surface area contributed by atoms with Crippen molar-refractivity contribution in [2.75, 3.05) is 23.3 Å². The highest BCUT2D eigenvalue weighted by Crippen LogP contribution is 2.20. The SMILES string of the molecule is CC1CCN(c2cnc(C(=O)Nc3ccc(F)c(F)c3)cn2)CC1. The van der Waals surface area contributed by atoms with Gasteiger partial charge in [-0.05, 0) is 30.9 Å². The van der Waals surface area contributed by atoms with Crippen LogP contribution < -0.4 is 10.2 Å². The van der Waals surface area contributed by atoms with Crippen molar-refractivity contribution >= 4 is 17.4 Å². The molecule has 126 valence electrons. The van der Waals surface area contributed by atoms with Crippen molar-refractivity contribution in [1.29, 1.82) is 0 Å². The molecule has 7 heteroatoms. The Balaban J connectivity index is 1.66. The Hall–Kier alpha value is -2.57. The summed E-state index contributed by atoms with van der Waals surface area (Å²) in [6.45, 7) is 4.08. The van der Waals surface area contributed by atoms with E-state index in [1.807, 2.05) is 0 Å². The largest absolute Gasteiger partial charge is 0.355 e. The van der Waals surface area contributed by atoms with E-state index in [4.69, 9.17) is 0 Å². The lowest BCUT2D eigenvalue weighted by Crippen LogP contribution is -2.33. The number of hydrogen-bond acceptors (Lipinski definition) is 4. The van der Waals surface area contributed by atoms with Gasteiger partial charge in [-0.25, -0.2) is 18.7 Å². The summed E-state index contributed by atoms with van der Waals surface area (Å²) in [5.74, 6) is -1.05. The van der Waals surface area contributed by atoms with E-state index in [0.29, 0.717) is 0 Å². The summed E-state index contributed by atoms with van der Waals surface area (Å²) in [7, 11) is 0. The molecule has 0 radical (unpaired) electrons. The average Bonchev–Trinajstić information content (AvgIpc) is 2.59. The number of carbonyl (C=O) groups excluding carboxylic acids is 1. The van der Waals surface area contributed by atoms with Crippen LogP contribution in [0.3, 0.4) is 0 Å². The molecule has 0 bridgehead atoms. The van der Waals surface area contributed by atoms with Gasteiger partial charge >= 0.3 is 0 Å². The third-order valence-corrected chi connectivity index (χ3v) is 4.16. The van der Waals surface area contributed by atoms with Gasteiger partial charge in [-0.2, -0.15) is 0 Å². The molecule has 1 aromatic heterocycles. The van der Waals surface area contributed by atoms with Crippen LogP contribution in [0.2, 0.25) is 0 Å². The second-order valence-corrected chi connectivity index (χ2v) is 6.01. The van der Waals surface area contributed by atoms with Crippen LogP contribution in [0.4, 0.5) is 20.3 Å². The van der Waals surface area contributed by atoms with Gasteiger partial charge in [0.05, 0.1) is 12.4 Å². The molecule has 0 aliphatic carbocycles. The van der Waals surface area contributed by atoms with Gasteiger partial charge < -0.3 is 10.2 Å². The molecule has 1 saturated heterocycles. The molecule has 2 aromatic rings. The minimum Gasteiger partial charge on any atom is -0.355 e. The fourth-order valence-electron chi connectivity index (χ4n) is 2.61. The zero-order chi connectivity index (χ0) is 17.1. The van der Waals surface area contributed by atoms with Crippen molar-refractivity contribution in [1.82, 2.24) is 9.97 Å². The number of carbonyl (C=O) groups is 1. The Morgan fingerprint density at radius 1 is 1.17 bits per heavy atom.